The molecule has 0 fully saturated rings. The molecule has 0 aromatic heterocycles. The van der Waals surface area contributed by atoms with E-state index in [1.807, 2.05) is 0 Å². The fraction of sp³-hybridized carbons (Fsp3) is 0.364. The van der Waals surface area contributed by atoms with Gasteiger partial charge in [-0.25, -0.2) is 0 Å². The van der Waals surface area contributed by atoms with Crippen molar-refractivity contribution < 1.29 is 28.0 Å². The van der Waals surface area contributed by atoms with Gasteiger partial charge in [-0.1, -0.05) is 15.9 Å². The molecule has 0 amide bonds. The first kappa shape index (κ1) is 16.3. The number of nitro groups is 1. The number of carbonyl (C=O) groups is 1. The number of carbonyl (C=O) groups excluding carboxylic acids is 1. The molecule has 0 bridgehead atoms. The predicted octanol–water partition coefficient (Wildman–Crippen LogP) is 2.81. The average Bonchev–Trinajstić information content (AvgIpc) is 2.39. The summed E-state index contributed by atoms with van der Waals surface area (Å²) in [5.74, 6) is -1.07. The first-order valence-corrected chi connectivity index (χ1v) is 6.39. The Morgan fingerprint density at radius 1 is 1.50 bits per heavy atom. The molecular formula is C11H10BrF2NO5. The smallest absolute Gasteiger partial charge is 0.387 e. The van der Waals surface area contributed by atoms with Crippen molar-refractivity contribution in [3.05, 3.63) is 33.4 Å². The summed E-state index contributed by atoms with van der Waals surface area (Å²) in [5.41, 5.74) is 0.0311. The number of alkyl halides is 3. The van der Waals surface area contributed by atoms with Gasteiger partial charge in [-0.2, -0.15) is 8.78 Å². The van der Waals surface area contributed by atoms with Crippen LogP contribution in [0.1, 0.15) is 11.1 Å². The molecule has 0 aliphatic carbocycles. The first-order chi connectivity index (χ1) is 9.38. The summed E-state index contributed by atoms with van der Waals surface area (Å²) in [5, 5.41) is 10.9. The number of nitro benzene ring substituents is 1. The Kier molecular flexibility index (Phi) is 5.81. The third kappa shape index (κ3) is 4.12. The lowest BCUT2D eigenvalue weighted by molar-refractivity contribution is -0.385. The van der Waals surface area contributed by atoms with Crippen LogP contribution in [0.4, 0.5) is 14.5 Å². The van der Waals surface area contributed by atoms with E-state index in [9.17, 15) is 23.7 Å². The SMILES string of the molecule is COC(=O)Cc1c(CBr)cc([N+](=O)[O-])cc1OC(F)F. The molecule has 0 aliphatic heterocycles. The molecule has 0 spiro atoms. The molecular weight excluding hydrogens is 344 g/mol. The minimum absolute atomic E-state index is 0.125. The lowest BCUT2D eigenvalue weighted by Gasteiger charge is -2.13. The van der Waals surface area contributed by atoms with Gasteiger partial charge in [-0.15, -0.1) is 0 Å². The molecule has 20 heavy (non-hydrogen) atoms. The molecule has 0 atom stereocenters. The third-order valence-corrected chi connectivity index (χ3v) is 3.01. The average molecular weight is 354 g/mol. The second-order valence-corrected chi connectivity index (χ2v) is 4.16. The second kappa shape index (κ2) is 7.13. The van der Waals surface area contributed by atoms with Gasteiger partial charge in [0.25, 0.3) is 5.69 Å². The highest BCUT2D eigenvalue weighted by Crippen LogP contribution is 2.32. The van der Waals surface area contributed by atoms with Crippen LogP contribution in [0.5, 0.6) is 5.75 Å². The lowest BCUT2D eigenvalue weighted by atomic mass is 10.0. The van der Waals surface area contributed by atoms with E-state index in [2.05, 4.69) is 25.4 Å². The maximum Gasteiger partial charge on any atom is 0.387 e. The molecule has 1 rings (SSSR count). The standard InChI is InChI=1S/C11H10BrF2NO5/c1-19-10(16)4-8-6(5-12)2-7(15(17)18)3-9(8)20-11(13)14/h2-3,11H,4-5H2,1H3. The quantitative estimate of drug-likeness (QED) is 0.340. The van der Waals surface area contributed by atoms with Crippen molar-refractivity contribution in [1.29, 1.82) is 0 Å². The summed E-state index contributed by atoms with van der Waals surface area (Å²) in [7, 11) is 1.15. The lowest BCUT2D eigenvalue weighted by Crippen LogP contribution is -2.11. The second-order valence-electron chi connectivity index (χ2n) is 3.60. The number of hydrogen-bond donors (Lipinski definition) is 0. The number of esters is 1. The zero-order valence-electron chi connectivity index (χ0n) is 10.3. The van der Waals surface area contributed by atoms with Crippen LogP contribution in [-0.4, -0.2) is 24.6 Å². The van der Waals surface area contributed by atoms with Crippen molar-refractivity contribution >= 4 is 27.6 Å². The first-order valence-electron chi connectivity index (χ1n) is 5.26. The normalized spacial score (nSPS) is 10.4. The van der Waals surface area contributed by atoms with E-state index in [0.29, 0.717) is 5.56 Å². The van der Waals surface area contributed by atoms with Gasteiger partial charge in [0, 0.05) is 17.0 Å². The summed E-state index contributed by atoms with van der Waals surface area (Å²) >= 11 is 3.09. The van der Waals surface area contributed by atoms with Gasteiger partial charge in [0.1, 0.15) is 5.75 Å². The maximum absolute atomic E-state index is 12.4. The highest BCUT2D eigenvalue weighted by atomic mass is 79.9. The van der Waals surface area contributed by atoms with Crippen LogP contribution in [0.25, 0.3) is 0 Å². The number of methoxy groups -OCH3 is 1. The fourth-order valence-corrected chi connectivity index (χ4v) is 2.03. The van der Waals surface area contributed by atoms with Gasteiger partial charge < -0.3 is 9.47 Å². The number of rotatable bonds is 6. The van der Waals surface area contributed by atoms with Gasteiger partial charge in [-0.05, 0) is 5.56 Å². The van der Waals surface area contributed by atoms with E-state index in [4.69, 9.17) is 0 Å². The summed E-state index contributed by atoms with van der Waals surface area (Å²) in [6.07, 6.45) is -0.322. The topological polar surface area (TPSA) is 78.7 Å². The molecule has 0 unspecified atom stereocenters. The number of ether oxygens (including phenoxy) is 2. The Labute approximate surface area is 120 Å². The van der Waals surface area contributed by atoms with Crippen LogP contribution in [0, 0.1) is 10.1 Å². The van der Waals surface area contributed by atoms with Crippen LogP contribution in [0.3, 0.4) is 0 Å². The fourth-order valence-electron chi connectivity index (χ4n) is 1.53. The van der Waals surface area contributed by atoms with E-state index in [1.54, 1.807) is 0 Å². The van der Waals surface area contributed by atoms with Gasteiger partial charge in [0.2, 0.25) is 0 Å². The molecule has 0 saturated heterocycles. The zero-order chi connectivity index (χ0) is 15.3. The van der Waals surface area contributed by atoms with Crippen LogP contribution in [0.2, 0.25) is 0 Å². The zero-order valence-corrected chi connectivity index (χ0v) is 11.9. The monoisotopic (exact) mass is 353 g/mol. The van der Waals surface area contributed by atoms with E-state index in [1.165, 1.54) is 6.07 Å². The van der Waals surface area contributed by atoms with Crippen molar-refractivity contribution in [1.82, 2.24) is 0 Å². The summed E-state index contributed by atoms with van der Waals surface area (Å²) in [6, 6.07) is 2.04. The van der Waals surface area contributed by atoms with Crippen molar-refractivity contribution in [2.24, 2.45) is 0 Å². The molecule has 1 aromatic rings. The number of halogens is 3. The number of non-ortho nitro benzene ring substituents is 1. The van der Waals surface area contributed by atoms with Crippen molar-refractivity contribution in [3.8, 4) is 5.75 Å². The van der Waals surface area contributed by atoms with Gasteiger partial charge in [0.15, 0.2) is 0 Å². The molecule has 1 aromatic carbocycles. The third-order valence-electron chi connectivity index (χ3n) is 2.41. The van der Waals surface area contributed by atoms with Crippen molar-refractivity contribution in [3.63, 3.8) is 0 Å². The van der Waals surface area contributed by atoms with E-state index in [-0.39, 0.29) is 17.3 Å². The van der Waals surface area contributed by atoms with Crippen molar-refractivity contribution in [2.75, 3.05) is 7.11 Å². The van der Waals surface area contributed by atoms with Crippen LogP contribution >= 0.6 is 15.9 Å². The molecule has 0 radical (unpaired) electrons. The predicted molar refractivity (Wildman–Crippen MR) is 68.1 cm³/mol. The minimum atomic E-state index is -3.16. The highest BCUT2D eigenvalue weighted by Gasteiger charge is 2.21. The maximum atomic E-state index is 12.4. The largest absolute Gasteiger partial charge is 0.469 e. The Morgan fingerprint density at radius 2 is 2.15 bits per heavy atom. The molecule has 0 aliphatic rings. The summed E-state index contributed by atoms with van der Waals surface area (Å²) in [4.78, 5) is 21.3. The van der Waals surface area contributed by atoms with Gasteiger partial charge >= 0.3 is 12.6 Å². The molecule has 9 heteroatoms. The molecule has 110 valence electrons. The molecule has 0 saturated carbocycles. The number of hydrogen-bond acceptors (Lipinski definition) is 5. The van der Waals surface area contributed by atoms with Gasteiger partial charge in [0.05, 0.1) is 24.5 Å². The van der Waals surface area contributed by atoms with Crippen LogP contribution in [0.15, 0.2) is 12.1 Å². The van der Waals surface area contributed by atoms with Crippen LogP contribution < -0.4 is 4.74 Å². The minimum Gasteiger partial charge on any atom is -0.469 e. The van der Waals surface area contributed by atoms with Gasteiger partial charge in [-0.3, -0.25) is 14.9 Å². The molecule has 0 heterocycles. The van der Waals surface area contributed by atoms with Crippen LogP contribution in [-0.2, 0) is 21.3 Å². The van der Waals surface area contributed by atoms with E-state index >= 15 is 0 Å². The molecule has 6 nitrogen and oxygen atoms in total. The number of nitrogens with zero attached hydrogens (tertiary/aromatic N) is 1. The van der Waals surface area contributed by atoms with Crippen molar-refractivity contribution in [2.45, 2.75) is 18.4 Å². The Morgan fingerprint density at radius 3 is 2.60 bits per heavy atom. The summed E-state index contributed by atoms with van der Waals surface area (Å²) in [6.45, 7) is -3.16. The number of benzene rings is 1. The Balaban J connectivity index is 3.35. The highest BCUT2D eigenvalue weighted by molar-refractivity contribution is 9.08. The molecule has 0 N–H and O–H groups in total. The summed E-state index contributed by atoms with van der Waals surface area (Å²) < 4.78 is 33.5. The van der Waals surface area contributed by atoms with E-state index < -0.39 is 28.9 Å². The van der Waals surface area contributed by atoms with E-state index in [0.717, 1.165) is 13.2 Å². The Bertz CT molecular complexity index is 524. The Hall–Kier alpha value is -1.77.